The van der Waals surface area contributed by atoms with Gasteiger partial charge in [-0.2, -0.15) is 0 Å². The summed E-state index contributed by atoms with van der Waals surface area (Å²) in [6.07, 6.45) is 0. The maximum absolute atomic E-state index is 13.2. The summed E-state index contributed by atoms with van der Waals surface area (Å²) in [7, 11) is 0. The zero-order valence-corrected chi connectivity index (χ0v) is 19.4. The highest BCUT2D eigenvalue weighted by molar-refractivity contribution is 6.39. The summed E-state index contributed by atoms with van der Waals surface area (Å²) in [5.74, 6) is -0.703. The molecule has 0 saturated carbocycles. The second-order valence-electron chi connectivity index (χ2n) is 9.82. The summed E-state index contributed by atoms with van der Waals surface area (Å²) >= 11 is 0. The van der Waals surface area contributed by atoms with Crippen LogP contribution in [-0.2, 0) is 17.9 Å². The number of nitrogens with zero attached hydrogens (tertiary/aromatic N) is 2. The van der Waals surface area contributed by atoms with Gasteiger partial charge in [-0.15, -0.1) is 0 Å². The highest BCUT2D eigenvalue weighted by Crippen LogP contribution is 2.45. The number of hydrogen-bond donors (Lipinski definition) is 3. The van der Waals surface area contributed by atoms with Gasteiger partial charge in [0.25, 0.3) is 17.7 Å². The third kappa shape index (κ3) is 2.46. The van der Waals surface area contributed by atoms with E-state index in [1.54, 1.807) is 0 Å². The lowest BCUT2D eigenvalue weighted by atomic mass is 9.96. The molecule has 3 amide bonds. The Morgan fingerprint density at radius 1 is 1.00 bits per heavy atom. The Morgan fingerprint density at radius 3 is 2.49 bits per heavy atom. The quantitative estimate of drug-likeness (QED) is 0.330. The van der Waals surface area contributed by atoms with Crippen LogP contribution < -0.4 is 11.1 Å². The molecule has 2 unspecified atom stereocenters. The Hall–Kier alpha value is -4.17. The lowest BCUT2D eigenvalue weighted by Gasteiger charge is -2.28. The van der Waals surface area contributed by atoms with Crippen molar-refractivity contribution in [2.75, 3.05) is 0 Å². The minimum Gasteiger partial charge on any atom is -0.353 e. The van der Waals surface area contributed by atoms with Crippen molar-refractivity contribution < 1.29 is 20.1 Å². The topological polar surface area (TPSA) is 115 Å². The van der Waals surface area contributed by atoms with Gasteiger partial charge in [-0.3, -0.25) is 19.7 Å². The Balaban J connectivity index is 1.69. The van der Waals surface area contributed by atoms with Crippen LogP contribution >= 0.6 is 0 Å². The van der Waals surface area contributed by atoms with E-state index < -0.39 is 0 Å². The molecule has 35 heavy (non-hydrogen) atoms. The smallest absolute Gasteiger partial charge is 0.281 e. The number of hydrogen-bond acceptors (Lipinski definition) is 3. The first-order chi connectivity index (χ1) is 16.9. The summed E-state index contributed by atoms with van der Waals surface area (Å²) in [5.41, 5.74) is 9.49. The van der Waals surface area contributed by atoms with E-state index in [-0.39, 0.29) is 29.8 Å². The van der Waals surface area contributed by atoms with Crippen molar-refractivity contribution in [2.45, 2.75) is 39.0 Å². The number of nitrogens with one attached hydrogen (secondary N) is 2. The fourth-order valence-electron chi connectivity index (χ4n) is 6.10. The second-order valence-corrected chi connectivity index (χ2v) is 9.82. The van der Waals surface area contributed by atoms with E-state index in [0.717, 1.165) is 49.2 Å². The minimum absolute atomic E-state index is 0.0196. The Labute approximate surface area is 199 Å². The number of aromatic amines is 1. The molecule has 8 nitrogen and oxygen atoms in total. The average molecular weight is 467 g/mol. The molecule has 8 heteroatoms. The number of H-pyrrole nitrogens is 1. The second kappa shape index (κ2) is 6.70. The number of carbonyl (C=O) groups is 3. The lowest BCUT2D eigenvalue weighted by molar-refractivity contribution is -0.400. The largest absolute Gasteiger partial charge is 0.353 e. The van der Waals surface area contributed by atoms with Crippen LogP contribution in [0.4, 0.5) is 0 Å². The van der Waals surface area contributed by atoms with Gasteiger partial charge in [0, 0.05) is 46.2 Å². The zero-order valence-electron chi connectivity index (χ0n) is 19.4. The van der Waals surface area contributed by atoms with E-state index in [4.69, 9.17) is 0 Å². The third-order valence-corrected chi connectivity index (χ3v) is 7.56. The van der Waals surface area contributed by atoms with Crippen molar-refractivity contribution in [1.82, 2.24) is 19.8 Å². The lowest BCUT2D eigenvalue weighted by Crippen LogP contribution is -2.67. The van der Waals surface area contributed by atoms with Gasteiger partial charge in [0.2, 0.25) is 0 Å². The van der Waals surface area contributed by atoms with E-state index in [1.807, 2.05) is 54.3 Å². The van der Waals surface area contributed by atoms with Crippen molar-refractivity contribution in [3.63, 3.8) is 0 Å². The van der Waals surface area contributed by atoms with Crippen molar-refractivity contribution in [3.05, 3.63) is 59.2 Å². The standard InChI is InChI=1S/C27H23N5O3/c1-12-10-32-23-14(11-31(12)27(35)13(2)28)6-5-8-16(23)19-21-20(25(33)30-26(21)34)18-15-7-3-4-9-17(15)29-22(18)24(19)32/h3-9,12-13,29H,10-11,28H2,1-2H3,(H,30,33,34)/p+1. The molecule has 3 aromatic carbocycles. The number of rotatable bonds is 1. The van der Waals surface area contributed by atoms with Crippen molar-refractivity contribution in [2.24, 2.45) is 0 Å². The molecule has 4 heterocycles. The fourth-order valence-corrected chi connectivity index (χ4v) is 6.10. The highest BCUT2D eigenvalue weighted by atomic mass is 16.2. The first kappa shape index (κ1) is 20.2. The van der Waals surface area contributed by atoms with Gasteiger partial charge in [-0.05, 0) is 25.5 Å². The summed E-state index contributed by atoms with van der Waals surface area (Å²) in [4.78, 5) is 44.7. The van der Waals surface area contributed by atoms with Crippen LogP contribution in [0, 0.1) is 0 Å². The maximum atomic E-state index is 13.2. The molecule has 174 valence electrons. The number of benzene rings is 3. The van der Waals surface area contributed by atoms with Crippen LogP contribution in [0.3, 0.4) is 0 Å². The Kier molecular flexibility index (Phi) is 3.87. The van der Waals surface area contributed by atoms with Crippen molar-refractivity contribution in [3.8, 4) is 0 Å². The van der Waals surface area contributed by atoms with Crippen LogP contribution in [-0.4, -0.2) is 44.3 Å². The van der Waals surface area contributed by atoms with Crippen LogP contribution in [0.25, 0.3) is 43.6 Å². The van der Waals surface area contributed by atoms with Crippen LogP contribution in [0.15, 0.2) is 42.5 Å². The molecule has 0 spiro atoms. The number of aromatic nitrogens is 2. The number of fused-ring (bicyclic) bond motifs is 10. The van der Waals surface area contributed by atoms with Gasteiger partial charge in [0.15, 0.2) is 6.04 Å². The molecule has 7 rings (SSSR count). The summed E-state index contributed by atoms with van der Waals surface area (Å²) in [6.45, 7) is 4.91. The van der Waals surface area contributed by atoms with Crippen LogP contribution in [0.2, 0.25) is 0 Å². The molecular formula is C27H24N5O3+. The van der Waals surface area contributed by atoms with Crippen LogP contribution in [0.1, 0.15) is 40.1 Å². The van der Waals surface area contributed by atoms with Gasteiger partial charge in [-0.1, -0.05) is 36.4 Å². The molecular weight excluding hydrogens is 442 g/mol. The van der Waals surface area contributed by atoms with Gasteiger partial charge in [-0.25, -0.2) is 0 Å². The molecule has 5 aromatic rings. The Morgan fingerprint density at radius 2 is 1.71 bits per heavy atom. The summed E-state index contributed by atoms with van der Waals surface area (Å²) < 4.78 is 2.24. The predicted molar refractivity (Wildman–Crippen MR) is 133 cm³/mol. The summed E-state index contributed by atoms with van der Waals surface area (Å²) in [6, 6.07) is 13.4. The molecule has 5 N–H and O–H groups in total. The molecule has 0 saturated heterocycles. The average Bonchev–Trinajstić information content (AvgIpc) is 3.43. The zero-order chi connectivity index (χ0) is 24.2. The molecule has 2 aliphatic rings. The van der Waals surface area contributed by atoms with Crippen molar-refractivity contribution in [1.29, 1.82) is 0 Å². The predicted octanol–water partition coefficient (Wildman–Crippen LogP) is 2.67. The van der Waals surface area contributed by atoms with E-state index in [9.17, 15) is 14.4 Å². The Bertz CT molecular complexity index is 1790. The van der Waals surface area contributed by atoms with Crippen molar-refractivity contribution >= 4 is 61.3 Å². The molecule has 0 radical (unpaired) electrons. The van der Waals surface area contributed by atoms with Crippen LogP contribution in [0.5, 0.6) is 0 Å². The van der Waals surface area contributed by atoms with Gasteiger partial charge >= 0.3 is 0 Å². The monoisotopic (exact) mass is 466 g/mol. The van der Waals surface area contributed by atoms with E-state index in [0.29, 0.717) is 24.2 Å². The van der Waals surface area contributed by atoms with E-state index in [2.05, 4.69) is 27.5 Å². The molecule has 2 aliphatic heterocycles. The summed E-state index contributed by atoms with van der Waals surface area (Å²) in [5, 5.41) is 5.92. The normalized spacial score (nSPS) is 18.5. The number of imide groups is 1. The number of carbonyl (C=O) groups excluding carboxylic acids is 3. The SMILES string of the molecule is CC([NH3+])C(=O)N1Cc2cccc3c4c5c(c6c7ccccc7[nH]c6c4n(c23)CC1C)C(=O)NC5=O. The number of quaternary nitrogens is 1. The molecule has 0 aliphatic carbocycles. The van der Waals surface area contributed by atoms with E-state index in [1.165, 1.54) is 0 Å². The first-order valence-electron chi connectivity index (χ1n) is 11.9. The van der Waals surface area contributed by atoms with E-state index >= 15 is 0 Å². The number of amides is 3. The molecule has 2 aromatic heterocycles. The first-order valence-corrected chi connectivity index (χ1v) is 11.9. The third-order valence-electron chi connectivity index (χ3n) is 7.56. The van der Waals surface area contributed by atoms with Gasteiger partial charge in [0.05, 0.1) is 27.7 Å². The maximum Gasteiger partial charge on any atom is 0.281 e. The number of para-hydroxylation sites is 2. The molecule has 0 fully saturated rings. The molecule has 2 atom stereocenters. The fraction of sp³-hybridized carbons (Fsp3) is 0.222. The minimum atomic E-state index is -0.362. The van der Waals surface area contributed by atoms with Gasteiger partial charge in [0.1, 0.15) is 0 Å². The highest BCUT2D eigenvalue weighted by Gasteiger charge is 2.37. The van der Waals surface area contributed by atoms with Gasteiger partial charge < -0.3 is 20.2 Å². The molecule has 0 bridgehead atoms.